The van der Waals surface area contributed by atoms with E-state index < -0.39 is 10.8 Å². The SMILES string of the molecule is COc1ccc([N+](=O)[O-])cc1NCC(=O)Nc1cc(Cl)ccc1C#N. The quantitative estimate of drug-likeness (QED) is 0.603. The highest BCUT2D eigenvalue weighted by atomic mass is 35.5. The molecule has 0 aliphatic carbocycles. The van der Waals surface area contributed by atoms with Crippen molar-refractivity contribution in [3.8, 4) is 11.8 Å². The zero-order valence-electron chi connectivity index (χ0n) is 13.1. The highest BCUT2D eigenvalue weighted by Crippen LogP contribution is 2.28. The first-order chi connectivity index (χ1) is 11.9. The third-order valence-corrected chi connectivity index (χ3v) is 3.44. The maximum atomic E-state index is 12.1. The predicted octanol–water partition coefficient (Wildman–Crippen LogP) is 3.18. The van der Waals surface area contributed by atoms with Crippen molar-refractivity contribution in [2.45, 2.75) is 0 Å². The first-order valence-corrected chi connectivity index (χ1v) is 7.38. The number of methoxy groups -OCH3 is 1. The number of ether oxygens (including phenoxy) is 1. The van der Waals surface area contributed by atoms with Crippen molar-refractivity contribution in [1.82, 2.24) is 0 Å². The summed E-state index contributed by atoms with van der Waals surface area (Å²) in [7, 11) is 1.41. The molecule has 25 heavy (non-hydrogen) atoms. The van der Waals surface area contributed by atoms with Gasteiger partial charge in [0.2, 0.25) is 5.91 Å². The molecule has 0 fully saturated rings. The van der Waals surface area contributed by atoms with Crippen LogP contribution in [-0.2, 0) is 4.79 Å². The first-order valence-electron chi connectivity index (χ1n) is 7.00. The summed E-state index contributed by atoms with van der Waals surface area (Å²) in [5.74, 6) is -0.0915. The molecule has 0 saturated carbocycles. The van der Waals surface area contributed by atoms with E-state index in [1.165, 1.54) is 37.4 Å². The topological polar surface area (TPSA) is 117 Å². The Morgan fingerprint density at radius 1 is 1.32 bits per heavy atom. The average molecular weight is 361 g/mol. The van der Waals surface area contributed by atoms with Crippen molar-refractivity contribution in [2.75, 3.05) is 24.3 Å². The van der Waals surface area contributed by atoms with Gasteiger partial charge in [-0.1, -0.05) is 11.6 Å². The van der Waals surface area contributed by atoms with E-state index in [-0.39, 0.29) is 23.5 Å². The maximum absolute atomic E-state index is 12.1. The van der Waals surface area contributed by atoms with E-state index in [1.54, 1.807) is 6.07 Å². The van der Waals surface area contributed by atoms with Gasteiger partial charge in [0, 0.05) is 17.2 Å². The third kappa shape index (κ3) is 4.59. The van der Waals surface area contributed by atoms with Crippen LogP contribution in [0.2, 0.25) is 5.02 Å². The van der Waals surface area contributed by atoms with Gasteiger partial charge in [-0.15, -0.1) is 0 Å². The van der Waals surface area contributed by atoms with Crippen LogP contribution in [0.5, 0.6) is 5.75 Å². The zero-order chi connectivity index (χ0) is 18.4. The molecular formula is C16H13ClN4O4. The molecule has 0 spiro atoms. The molecule has 1 amide bonds. The summed E-state index contributed by atoms with van der Waals surface area (Å²) in [5.41, 5.74) is 0.724. The number of hydrogen-bond acceptors (Lipinski definition) is 6. The van der Waals surface area contributed by atoms with Crippen LogP contribution in [0.4, 0.5) is 17.1 Å². The largest absolute Gasteiger partial charge is 0.495 e. The molecule has 0 aromatic heterocycles. The van der Waals surface area contributed by atoms with Crippen LogP contribution in [0.3, 0.4) is 0 Å². The molecule has 9 heteroatoms. The Balaban J connectivity index is 2.10. The minimum absolute atomic E-state index is 0.134. The van der Waals surface area contributed by atoms with Crippen molar-refractivity contribution in [3.05, 3.63) is 57.1 Å². The van der Waals surface area contributed by atoms with Gasteiger partial charge >= 0.3 is 0 Å². The van der Waals surface area contributed by atoms with Crippen molar-refractivity contribution < 1.29 is 14.5 Å². The van der Waals surface area contributed by atoms with Crippen LogP contribution in [0, 0.1) is 21.4 Å². The summed E-state index contributed by atoms with van der Waals surface area (Å²) in [5, 5.41) is 25.6. The van der Waals surface area contributed by atoms with Gasteiger partial charge in [-0.2, -0.15) is 5.26 Å². The number of hydrogen-bond donors (Lipinski definition) is 2. The summed E-state index contributed by atoms with van der Waals surface area (Å²) in [6.45, 7) is -0.186. The molecule has 0 heterocycles. The predicted molar refractivity (Wildman–Crippen MR) is 92.9 cm³/mol. The van der Waals surface area contributed by atoms with Crippen LogP contribution >= 0.6 is 11.6 Å². The summed E-state index contributed by atoms with van der Waals surface area (Å²) in [6, 6.07) is 10.5. The maximum Gasteiger partial charge on any atom is 0.271 e. The number of carbonyl (C=O) groups excluding carboxylic acids is 1. The van der Waals surface area contributed by atoms with Gasteiger partial charge in [0.15, 0.2) is 0 Å². The minimum atomic E-state index is -0.546. The Bertz CT molecular complexity index is 864. The molecule has 0 saturated heterocycles. The van der Waals surface area contributed by atoms with Crippen molar-refractivity contribution in [2.24, 2.45) is 0 Å². The summed E-state index contributed by atoms with van der Waals surface area (Å²) in [6.07, 6.45) is 0. The lowest BCUT2D eigenvalue weighted by molar-refractivity contribution is -0.384. The number of anilines is 2. The lowest BCUT2D eigenvalue weighted by Crippen LogP contribution is -2.22. The lowest BCUT2D eigenvalue weighted by atomic mass is 10.2. The van der Waals surface area contributed by atoms with Crippen LogP contribution in [0.15, 0.2) is 36.4 Å². The molecule has 2 aromatic carbocycles. The average Bonchev–Trinajstić information content (AvgIpc) is 2.59. The summed E-state index contributed by atoms with van der Waals surface area (Å²) >= 11 is 5.86. The van der Waals surface area contributed by atoms with Crippen molar-refractivity contribution in [3.63, 3.8) is 0 Å². The number of nitrogens with one attached hydrogen (secondary N) is 2. The molecule has 0 unspecified atom stereocenters. The molecule has 0 bridgehead atoms. The normalized spacial score (nSPS) is 9.80. The third-order valence-electron chi connectivity index (χ3n) is 3.21. The Kier molecular flexibility index (Phi) is 5.76. The molecule has 2 rings (SSSR count). The fraction of sp³-hybridized carbons (Fsp3) is 0.125. The number of non-ortho nitro benzene ring substituents is 1. The number of benzene rings is 2. The number of halogens is 1. The van der Waals surface area contributed by atoms with E-state index in [2.05, 4.69) is 10.6 Å². The highest BCUT2D eigenvalue weighted by molar-refractivity contribution is 6.31. The van der Waals surface area contributed by atoms with Crippen LogP contribution in [0.1, 0.15) is 5.56 Å². The second-order valence-electron chi connectivity index (χ2n) is 4.85. The second-order valence-corrected chi connectivity index (χ2v) is 5.28. The number of rotatable bonds is 6. The van der Waals surface area contributed by atoms with Crippen LogP contribution < -0.4 is 15.4 Å². The molecule has 2 aromatic rings. The molecule has 0 aliphatic rings. The number of amides is 1. The fourth-order valence-electron chi connectivity index (χ4n) is 2.03. The minimum Gasteiger partial charge on any atom is -0.495 e. The standard InChI is InChI=1S/C16H13ClN4O4/c1-25-15-5-4-12(21(23)24)7-14(15)19-9-16(22)20-13-6-11(17)3-2-10(13)8-18/h2-7,19H,9H2,1H3,(H,20,22). The van der Waals surface area contributed by atoms with Crippen LogP contribution in [0.25, 0.3) is 0 Å². The van der Waals surface area contributed by atoms with E-state index in [9.17, 15) is 14.9 Å². The zero-order valence-corrected chi connectivity index (χ0v) is 13.8. The molecule has 0 aliphatic heterocycles. The molecule has 2 N–H and O–H groups in total. The Labute approximate surface area is 148 Å². The molecule has 0 atom stereocenters. The van der Waals surface area contributed by atoms with Gasteiger partial charge in [0.25, 0.3) is 5.69 Å². The van der Waals surface area contributed by atoms with Crippen LogP contribution in [-0.4, -0.2) is 24.5 Å². The van der Waals surface area contributed by atoms with Gasteiger partial charge in [-0.05, 0) is 24.3 Å². The first kappa shape index (κ1) is 18.0. The van der Waals surface area contributed by atoms with Crippen molar-refractivity contribution in [1.29, 1.82) is 5.26 Å². The molecule has 8 nitrogen and oxygen atoms in total. The van der Waals surface area contributed by atoms with Gasteiger partial charge in [0.1, 0.15) is 11.8 Å². The smallest absolute Gasteiger partial charge is 0.271 e. The number of nitrogens with zero attached hydrogens (tertiary/aromatic N) is 2. The highest BCUT2D eigenvalue weighted by Gasteiger charge is 2.13. The lowest BCUT2D eigenvalue weighted by Gasteiger charge is -2.12. The summed E-state index contributed by atoms with van der Waals surface area (Å²) in [4.78, 5) is 22.4. The van der Waals surface area contributed by atoms with Gasteiger partial charge in [-0.25, -0.2) is 0 Å². The number of carbonyl (C=O) groups is 1. The molecule has 128 valence electrons. The monoisotopic (exact) mass is 360 g/mol. The molecule has 0 radical (unpaired) electrons. The van der Waals surface area contributed by atoms with E-state index >= 15 is 0 Å². The Morgan fingerprint density at radius 3 is 2.72 bits per heavy atom. The Hall–Kier alpha value is -3.31. The second kappa shape index (κ2) is 7.99. The van der Waals surface area contributed by atoms with E-state index in [4.69, 9.17) is 21.6 Å². The van der Waals surface area contributed by atoms with E-state index in [1.807, 2.05) is 6.07 Å². The van der Waals surface area contributed by atoms with E-state index in [0.717, 1.165) is 0 Å². The number of nitriles is 1. The summed E-state index contributed by atoms with van der Waals surface area (Å²) < 4.78 is 5.11. The van der Waals surface area contributed by atoms with E-state index in [0.29, 0.717) is 16.5 Å². The number of nitro benzene ring substituents is 1. The van der Waals surface area contributed by atoms with Crippen molar-refractivity contribution >= 4 is 34.6 Å². The van der Waals surface area contributed by atoms with Gasteiger partial charge < -0.3 is 15.4 Å². The fourth-order valence-corrected chi connectivity index (χ4v) is 2.21. The Morgan fingerprint density at radius 2 is 2.08 bits per heavy atom. The van der Waals surface area contributed by atoms with Gasteiger partial charge in [0.05, 0.1) is 35.5 Å². The van der Waals surface area contributed by atoms with Gasteiger partial charge in [-0.3, -0.25) is 14.9 Å². The molecular weight excluding hydrogens is 348 g/mol. The number of nitro groups is 1.